The van der Waals surface area contributed by atoms with Crippen LogP contribution in [0, 0.1) is 17.7 Å². The minimum absolute atomic E-state index is 0.0487. The smallest absolute Gasteiger partial charge is 0.233 e. The number of nitrogens with zero attached hydrogens (tertiary/aromatic N) is 1. The minimum atomic E-state index is -0.465. The van der Waals surface area contributed by atoms with Crippen molar-refractivity contribution in [1.29, 1.82) is 0 Å². The third-order valence-corrected chi connectivity index (χ3v) is 4.58. The molecule has 2 fully saturated rings. The largest absolute Gasteiger partial charge is 0.389 e. The number of thiocarbonyl (C=S) groups is 1. The van der Waals surface area contributed by atoms with Crippen LogP contribution in [-0.4, -0.2) is 21.7 Å². The average molecular weight is 306 g/mol. The molecule has 1 aromatic carbocycles. The first-order valence-corrected chi connectivity index (χ1v) is 7.33. The normalized spacial score (nSPS) is 24.5. The molecule has 0 aromatic heterocycles. The van der Waals surface area contributed by atoms with Gasteiger partial charge in [0, 0.05) is 11.1 Å². The van der Waals surface area contributed by atoms with E-state index in [0.717, 1.165) is 19.3 Å². The molecule has 1 aliphatic heterocycles. The van der Waals surface area contributed by atoms with Crippen LogP contribution in [-0.2, 0) is 16.1 Å². The van der Waals surface area contributed by atoms with Crippen molar-refractivity contribution in [1.82, 2.24) is 4.90 Å². The summed E-state index contributed by atoms with van der Waals surface area (Å²) in [5.74, 6) is -1.24. The lowest BCUT2D eigenvalue weighted by Crippen LogP contribution is -2.31. The molecule has 4 nitrogen and oxygen atoms in total. The summed E-state index contributed by atoms with van der Waals surface area (Å²) in [6, 6.07) is 4.26. The number of nitrogens with two attached hydrogens (primary N) is 1. The van der Waals surface area contributed by atoms with Crippen LogP contribution in [0.3, 0.4) is 0 Å². The fourth-order valence-corrected chi connectivity index (χ4v) is 3.36. The molecule has 2 atom stereocenters. The Hall–Kier alpha value is -1.82. The molecule has 21 heavy (non-hydrogen) atoms. The number of amides is 2. The monoisotopic (exact) mass is 306 g/mol. The first kappa shape index (κ1) is 14.1. The standard InChI is InChI=1S/C15H15FN2O2S/c16-12-5-4-8(13(17)21)6-9(12)7-18-14(19)10-2-1-3-11(10)15(18)20/h4-6,10-11H,1-3,7H2,(H2,17,21). The number of likely N-dealkylation sites (tertiary alicyclic amines) is 1. The van der Waals surface area contributed by atoms with Gasteiger partial charge >= 0.3 is 0 Å². The molecular weight excluding hydrogens is 291 g/mol. The number of benzene rings is 1. The summed E-state index contributed by atoms with van der Waals surface area (Å²) in [4.78, 5) is 25.9. The van der Waals surface area contributed by atoms with Crippen LogP contribution in [0.5, 0.6) is 0 Å². The van der Waals surface area contributed by atoms with Gasteiger partial charge in [-0.3, -0.25) is 14.5 Å². The number of carbonyl (C=O) groups is 2. The Morgan fingerprint density at radius 2 is 1.90 bits per heavy atom. The molecule has 6 heteroatoms. The van der Waals surface area contributed by atoms with Crippen LogP contribution in [0.4, 0.5) is 4.39 Å². The minimum Gasteiger partial charge on any atom is -0.389 e. The summed E-state index contributed by atoms with van der Waals surface area (Å²) in [5, 5.41) is 0. The van der Waals surface area contributed by atoms with E-state index in [0.29, 0.717) is 5.56 Å². The van der Waals surface area contributed by atoms with E-state index >= 15 is 0 Å². The van der Waals surface area contributed by atoms with Crippen LogP contribution in [0.25, 0.3) is 0 Å². The molecule has 3 rings (SSSR count). The summed E-state index contributed by atoms with van der Waals surface area (Å²) in [6.45, 7) is -0.0487. The molecule has 0 spiro atoms. The number of rotatable bonds is 3. The van der Waals surface area contributed by atoms with Crippen molar-refractivity contribution in [3.8, 4) is 0 Å². The van der Waals surface area contributed by atoms with Crippen LogP contribution >= 0.6 is 12.2 Å². The highest BCUT2D eigenvalue weighted by Crippen LogP contribution is 2.40. The zero-order valence-corrected chi connectivity index (χ0v) is 12.2. The molecule has 2 unspecified atom stereocenters. The van der Waals surface area contributed by atoms with Gasteiger partial charge in [-0.25, -0.2) is 4.39 Å². The summed E-state index contributed by atoms with van der Waals surface area (Å²) >= 11 is 4.87. The highest BCUT2D eigenvalue weighted by Gasteiger charge is 2.49. The SMILES string of the molecule is NC(=S)c1ccc(F)c(CN2C(=O)C3CCCC3C2=O)c1. The first-order chi connectivity index (χ1) is 9.99. The van der Waals surface area contributed by atoms with Crippen molar-refractivity contribution in [3.63, 3.8) is 0 Å². The number of halogens is 1. The number of fused-ring (bicyclic) bond motifs is 1. The van der Waals surface area contributed by atoms with Crippen LogP contribution < -0.4 is 5.73 Å². The van der Waals surface area contributed by atoms with Gasteiger partial charge in [0.1, 0.15) is 10.8 Å². The second-order valence-electron chi connectivity index (χ2n) is 5.58. The molecule has 1 saturated heterocycles. The zero-order valence-electron chi connectivity index (χ0n) is 11.3. The number of imide groups is 1. The summed E-state index contributed by atoms with van der Waals surface area (Å²) in [7, 11) is 0. The Kier molecular flexibility index (Phi) is 3.49. The van der Waals surface area contributed by atoms with E-state index in [2.05, 4.69) is 0 Å². The Balaban J connectivity index is 1.87. The summed E-state index contributed by atoms with van der Waals surface area (Å²) in [6.07, 6.45) is 2.41. The van der Waals surface area contributed by atoms with Gasteiger partial charge < -0.3 is 5.73 Å². The molecule has 110 valence electrons. The Labute approximate surface area is 127 Å². The van der Waals surface area contributed by atoms with Crippen LogP contribution in [0.1, 0.15) is 30.4 Å². The van der Waals surface area contributed by atoms with Gasteiger partial charge in [-0.15, -0.1) is 0 Å². The lowest BCUT2D eigenvalue weighted by molar-refractivity contribution is -0.141. The van der Waals surface area contributed by atoms with E-state index in [-0.39, 0.29) is 40.7 Å². The van der Waals surface area contributed by atoms with Crippen molar-refractivity contribution in [2.24, 2.45) is 17.6 Å². The maximum Gasteiger partial charge on any atom is 0.233 e. The Morgan fingerprint density at radius 3 is 2.48 bits per heavy atom. The van der Waals surface area contributed by atoms with E-state index in [1.807, 2.05) is 0 Å². The van der Waals surface area contributed by atoms with Crippen molar-refractivity contribution in [3.05, 3.63) is 35.1 Å². The first-order valence-electron chi connectivity index (χ1n) is 6.92. The molecule has 0 bridgehead atoms. The Morgan fingerprint density at radius 1 is 1.29 bits per heavy atom. The maximum absolute atomic E-state index is 13.9. The van der Waals surface area contributed by atoms with E-state index in [4.69, 9.17) is 18.0 Å². The van der Waals surface area contributed by atoms with Gasteiger partial charge in [0.05, 0.1) is 18.4 Å². The Bertz CT molecular complexity index is 625. The van der Waals surface area contributed by atoms with Crippen molar-refractivity contribution in [2.45, 2.75) is 25.8 Å². The zero-order chi connectivity index (χ0) is 15.1. The van der Waals surface area contributed by atoms with Gasteiger partial charge in [0.2, 0.25) is 11.8 Å². The highest BCUT2D eigenvalue weighted by molar-refractivity contribution is 7.80. The number of carbonyl (C=O) groups excluding carboxylic acids is 2. The molecule has 2 amide bonds. The molecule has 1 saturated carbocycles. The second kappa shape index (κ2) is 5.18. The van der Waals surface area contributed by atoms with E-state index in [1.54, 1.807) is 0 Å². The fourth-order valence-electron chi connectivity index (χ4n) is 3.24. The summed E-state index contributed by atoms with van der Waals surface area (Å²) < 4.78 is 13.9. The van der Waals surface area contributed by atoms with E-state index < -0.39 is 5.82 Å². The van der Waals surface area contributed by atoms with Gasteiger partial charge in [0.15, 0.2) is 0 Å². The average Bonchev–Trinajstić information content (AvgIpc) is 3.00. The van der Waals surface area contributed by atoms with E-state index in [9.17, 15) is 14.0 Å². The molecule has 1 aromatic rings. The molecule has 2 aliphatic rings. The highest BCUT2D eigenvalue weighted by atomic mass is 32.1. The number of hydrogen-bond acceptors (Lipinski definition) is 3. The fraction of sp³-hybridized carbons (Fsp3) is 0.400. The third kappa shape index (κ3) is 2.33. The predicted molar refractivity (Wildman–Crippen MR) is 78.7 cm³/mol. The lowest BCUT2D eigenvalue weighted by Gasteiger charge is -2.17. The second-order valence-corrected chi connectivity index (χ2v) is 6.02. The van der Waals surface area contributed by atoms with Gasteiger partial charge in [-0.2, -0.15) is 0 Å². The molecule has 1 heterocycles. The van der Waals surface area contributed by atoms with Crippen molar-refractivity contribution in [2.75, 3.05) is 0 Å². The maximum atomic E-state index is 13.9. The van der Waals surface area contributed by atoms with Gasteiger partial charge in [-0.1, -0.05) is 18.6 Å². The predicted octanol–water partition coefficient (Wildman–Crippen LogP) is 1.75. The van der Waals surface area contributed by atoms with E-state index in [1.165, 1.54) is 23.1 Å². The molecule has 1 aliphatic carbocycles. The van der Waals surface area contributed by atoms with Crippen LogP contribution in [0.2, 0.25) is 0 Å². The van der Waals surface area contributed by atoms with Crippen molar-refractivity contribution < 1.29 is 14.0 Å². The number of hydrogen-bond donors (Lipinski definition) is 1. The quantitative estimate of drug-likeness (QED) is 0.682. The van der Waals surface area contributed by atoms with Gasteiger partial charge in [0.25, 0.3) is 0 Å². The van der Waals surface area contributed by atoms with Crippen molar-refractivity contribution >= 4 is 29.0 Å². The summed E-state index contributed by atoms with van der Waals surface area (Å²) in [5.41, 5.74) is 6.33. The molecule has 2 N–H and O–H groups in total. The topological polar surface area (TPSA) is 63.4 Å². The molecular formula is C15H15FN2O2S. The molecule has 0 radical (unpaired) electrons. The third-order valence-electron chi connectivity index (χ3n) is 4.34. The van der Waals surface area contributed by atoms with Crippen LogP contribution in [0.15, 0.2) is 18.2 Å². The lowest BCUT2D eigenvalue weighted by atomic mass is 10.00. The van der Waals surface area contributed by atoms with Gasteiger partial charge in [-0.05, 0) is 31.0 Å².